The SMILES string of the molecule is CC(C)(C)c1ccc2cc3c(cc2c1)C(C)(C)c1cc2c4ccc5c(c4n(-c4ccccc4)c2cc1-3)C(C)(C)c1c-5ccc2cc(C(C)(C)C)ccc12. The number of hydrogen-bond acceptors (Lipinski definition) is 0. The molecule has 1 aromatic heterocycles. The summed E-state index contributed by atoms with van der Waals surface area (Å²) >= 11 is 0. The van der Waals surface area contributed by atoms with Crippen molar-refractivity contribution in [2.45, 2.75) is 90.9 Å². The Morgan fingerprint density at radius 2 is 1.02 bits per heavy atom. The van der Waals surface area contributed by atoms with Crippen LogP contribution in [0.5, 0.6) is 0 Å². The second-order valence-electron chi connectivity index (χ2n) is 19.1. The molecule has 0 unspecified atom stereocenters. The van der Waals surface area contributed by atoms with E-state index in [0.717, 1.165) is 0 Å². The van der Waals surface area contributed by atoms with Crippen molar-refractivity contribution in [3.8, 4) is 27.9 Å². The minimum Gasteiger partial charge on any atom is -0.309 e. The molecule has 0 saturated carbocycles. The number of aromatic nitrogens is 1. The fourth-order valence-corrected chi connectivity index (χ4v) is 10.1. The van der Waals surface area contributed by atoms with E-state index in [4.69, 9.17) is 0 Å². The average Bonchev–Trinajstić information content (AvgIpc) is 3.65. The van der Waals surface area contributed by atoms with Crippen molar-refractivity contribution >= 4 is 43.4 Å². The Hall–Kier alpha value is -5.14. The van der Waals surface area contributed by atoms with Crippen molar-refractivity contribution in [2.75, 3.05) is 0 Å². The highest BCUT2D eigenvalue weighted by Crippen LogP contribution is 2.57. The van der Waals surface area contributed by atoms with Gasteiger partial charge in [-0.15, -0.1) is 0 Å². The summed E-state index contributed by atoms with van der Waals surface area (Å²) in [5.41, 5.74) is 17.6. The second-order valence-corrected chi connectivity index (χ2v) is 19.1. The van der Waals surface area contributed by atoms with Crippen molar-refractivity contribution in [1.82, 2.24) is 4.57 Å². The van der Waals surface area contributed by atoms with E-state index in [1.807, 2.05) is 0 Å². The van der Waals surface area contributed by atoms with E-state index in [0.29, 0.717) is 0 Å². The van der Waals surface area contributed by atoms with Gasteiger partial charge in [0, 0.05) is 27.3 Å². The van der Waals surface area contributed by atoms with Crippen molar-refractivity contribution in [2.24, 2.45) is 0 Å². The molecule has 0 N–H and O–H groups in total. The zero-order valence-corrected chi connectivity index (χ0v) is 32.9. The molecule has 10 rings (SSSR count). The van der Waals surface area contributed by atoms with Crippen molar-refractivity contribution < 1.29 is 0 Å². The largest absolute Gasteiger partial charge is 0.309 e. The normalized spacial score (nSPS) is 15.7. The second kappa shape index (κ2) is 10.3. The van der Waals surface area contributed by atoms with Crippen LogP contribution in [0.1, 0.15) is 103 Å². The number of rotatable bonds is 1. The number of benzene rings is 7. The standard InChI is InChI=1S/C52H49N/c1-49(2,3)33-18-16-30-26-40-41-29-45-42(28-44(41)51(7,8)43(40)27-32(30)25-33)39-23-22-38-37-20-17-31-24-34(50(4,5)6)19-21-36(31)46(37)52(9,10)47(38)48(39)53(45)35-14-12-11-13-15-35/h11-29H,1-10H3. The fourth-order valence-electron chi connectivity index (χ4n) is 10.1. The summed E-state index contributed by atoms with van der Waals surface area (Å²) in [6.07, 6.45) is 0. The van der Waals surface area contributed by atoms with Gasteiger partial charge < -0.3 is 4.57 Å². The summed E-state index contributed by atoms with van der Waals surface area (Å²) in [7, 11) is 0. The molecule has 0 saturated heterocycles. The molecule has 1 nitrogen and oxygen atoms in total. The van der Waals surface area contributed by atoms with E-state index in [9.17, 15) is 0 Å². The molecule has 1 heteroatoms. The number of para-hydroxylation sites is 1. The summed E-state index contributed by atoms with van der Waals surface area (Å²) in [5.74, 6) is 0. The van der Waals surface area contributed by atoms with Gasteiger partial charge in [-0.2, -0.15) is 0 Å². The Bertz CT molecular complexity index is 2880. The minimum atomic E-state index is -0.201. The van der Waals surface area contributed by atoms with Gasteiger partial charge in [-0.3, -0.25) is 0 Å². The van der Waals surface area contributed by atoms with E-state index in [-0.39, 0.29) is 21.7 Å². The molecule has 262 valence electrons. The Balaban J connectivity index is 1.26. The summed E-state index contributed by atoms with van der Waals surface area (Å²) in [4.78, 5) is 0. The zero-order valence-electron chi connectivity index (χ0n) is 32.9. The third-order valence-corrected chi connectivity index (χ3v) is 13.0. The van der Waals surface area contributed by atoms with Gasteiger partial charge in [0.2, 0.25) is 0 Å². The molecule has 7 aromatic carbocycles. The molecule has 53 heavy (non-hydrogen) atoms. The van der Waals surface area contributed by atoms with Gasteiger partial charge in [-0.25, -0.2) is 0 Å². The van der Waals surface area contributed by atoms with Gasteiger partial charge in [0.15, 0.2) is 0 Å². The van der Waals surface area contributed by atoms with Crippen LogP contribution in [0.4, 0.5) is 0 Å². The van der Waals surface area contributed by atoms with Crippen LogP contribution in [0.25, 0.3) is 71.3 Å². The van der Waals surface area contributed by atoms with Crippen LogP contribution in [-0.4, -0.2) is 4.57 Å². The van der Waals surface area contributed by atoms with E-state index >= 15 is 0 Å². The molecule has 0 aliphatic heterocycles. The maximum absolute atomic E-state index is 2.58. The van der Waals surface area contributed by atoms with Crippen LogP contribution in [0, 0.1) is 0 Å². The first-order valence-corrected chi connectivity index (χ1v) is 19.4. The Morgan fingerprint density at radius 1 is 0.434 bits per heavy atom. The van der Waals surface area contributed by atoms with Crippen molar-refractivity contribution in [3.05, 3.63) is 149 Å². The quantitative estimate of drug-likeness (QED) is 0.162. The summed E-state index contributed by atoms with van der Waals surface area (Å²) in [6.45, 7) is 23.6. The third kappa shape index (κ3) is 4.37. The molecule has 0 amide bonds. The number of fused-ring (bicyclic) bond motifs is 13. The zero-order chi connectivity index (χ0) is 37.0. The lowest BCUT2D eigenvalue weighted by atomic mass is 9.78. The van der Waals surface area contributed by atoms with E-state index in [1.54, 1.807) is 0 Å². The van der Waals surface area contributed by atoms with Gasteiger partial charge >= 0.3 is 0 Å². The molecule has 0 atom stereocenters. The van der Waals surface area contributed by atoms with E-state index < -0.39 is 0 Å². The highest BCUT2D eigenvalue weighted by Gasteiger charge is 2.41. The van der Waals surface area contributed by atoms with Gasteiger partial charge in [0.05, 0.1) is 11.0 Å². The molecule has 1 heterocycles. The van der Waals surface area contributed by atoms with Gasteiger partial charge in [-0.05, 0) is 124 Å². The van der Waals surface area contributed by atoms with Crippen LogP contribution in [0.15, 0.2) is 115 Å². The molecule has 0 radical (unpaired) electrons. The molecule has 2 aliphatic rings. The predicted octanol–water partition coefficient (Wildman–Crippen LogP) is 14.3. The van der Waals surface area contributed by atoms with Gasteiger partial charge in [0.1, 0.15) is 0 Å². The van der Waals surface area contributed by atoms with Crippen molar-refractivity contribution in [3.63, 3.8) is 0 Å². The van der Waals surface area contributed by atoms with Gasteiger partial charge in [-0.1, -0.05) is 148 Å². The molecule has 0 fully saturated rings. The van der Waals surface area contributed by atoms with E-state index in [2.05, 4.69) is 189 Å². The van der Waals surface area contributed by atoms with Crippen molar-refractivity contribution in [1.29, 1.82) is 0 Å². The predicted molar refractivity (Wildman–Crippen MR) is 228 cm³/mol. The fraction of sp³-hybridized carbons (Fsp3) is 0.269. The molecule has 2 aliphatic carbocycles. The highest BCUT2D eigenvalue weighted by atomic mass is 15.0. The van der Waals surface area contributed by atoms with Gasteiger partial charge in [0.25, 0.3) is 0 Å². The van der Waals surface area contributed by atoms with Crippen LogP contribution in [0.2, 0.25) is 0 Å². The molecule has 8 aromatic rings. The molecular formula is C52H49N. The topological polar surface area (TPSA) is 4.93 Å². The van der Waals surface area contributed by atoms with Crippen LogP contribution < -0.4 is 0 Å². The first-order valence-electron chi connectivity index (χ1n) is 19.4. The lowest BCUT2D eigenvalue weighted by Crippen LogP contribution is -2.17. The Labute approximate surface area is 314 Å². The van der Waals surface area contributed by atoms with Crippen LogP contribution in [0.3, 0.4) is 0 Å². The smallest absolute Gasteiger partial charge is 0.0588 e. The lowest BCUT2D eigenvalue weighted by molar-refractivity contribution is 0.591. The summed E-state index contributed by atoms with van der Waals surface area (Å²) < 4.78 is 2.58. The summed E-state index contributed by atoms with van der Waals surface area (Å²) in [5, 5.41) is 8.00. The Kier molecular flexibility index (Phi) is 6.31. The number of nitrogens with zero attached hydrogens (tertiary/aromatic N) is 1. The monoisotopic (exact) mass is 687 g/mol. The van der Waals surface area contributed by atoms with E-state index in [1.165, 1.54) is 105 Å². The van der Waals surface area contributed by atoms with Crippen LogP contribution >= 0.6 is 0 Å². The highest BCUT2D eigenvalue weighted by molar-refractivity contribution is 6.15. The Morgan fingerprint density at radius 3 is 1.74 bits per heavy atom. The molecular weight excluding hydrogens is 639 g/mol. The average molecular weight is 688 g/mol. The lowest BCUT2D eigenvalue weighted by Gasteiger charge is -2.26. The maximum Gasteiger partial charge on any atom is 0.0588 e. The first kappa shape index (κ1) is 32.5. The molecule has 0 spiro atoms. The maximum atomic E-state index is 2.58. The molecule has 0 bridgehead atoms. The van der Waals surface area contributed by atoms with Crippen LogP contribution in [-0.2, 0) is 21.7 Å². The summed E-state index contributed by atoms with van der Waals surface area (Å²) in [6, 6.07) is 44.9. The third-order valence-electron chi connectivity index (χ3n) is 13.0. The number of hydrogen-bond donors (Lipinski definition) is 0. The first-order chi connectivity index (χ1) is 25.0. The minimum absolute atomic E-state index is 0.104.